The summed E-state index contributed by atoms with van der Waals surface area (Å²) in [6.07, 6.45) is 2.36. The molecule has 0 spiro atoms. The van der Waals surface area contributed by atoms with Crippen LogP contribution >= 0.6 is 22.7 Å². The van der Waals surface area contributed by atoms with E-state index < -0.39 is 30.7 Å². The molecule has 0 fully saturated rings. The van der Waals surface area contributed by atoms with Crippen LogP contribution in [-0.4, -0.2) is 70.8 Å². The summed E-state index contributed by atoms with van der Waals surface area (Å²) in [5.74, 6) is -0.156. The van der Waals surface area contributed by atoms with Crippen molar-refractivity contribution < 1.29 is 24.2 Å². The monoisotopic (exact) mass is 512 g/mol. The largest absolute Gasteiger partial charge is 0.444 e. The fraction of sp³-hybridized carbons (Fsp3) is 0.571. The zero-order valence-corrected chi connectivity index (χ0v) is 21.2. The van der Waals surface area contributed by atoms with Gasteiger partial charge < -0.3 is 30.7 Å². The molecule has 2 aromatic rings. The molecule has 0 aliphatic carbocycles. The van der Waals surface area contributed by atoms with Gasteiger partial charge in [0.05, 0.1) is 34.2 Å². The van der Waals surface area contributed by atoms with Crippen molar-refractivity contribution in [2.24, 2.45) is 0 Å². The Morgan fingerprint density at radius 1 is 1.18 bits per heavy atom. The van der Waals surface area contributed by atoms with Crippen LogP contribution in [-0.2, 0) is 22.7 Å². The number of ether oxygens (including phenoxy) is 1. The van der Waals surface area contributed by atoms with Crippen LogP contribution in [0.5, 0.6) is 0 Å². The summed E-state index contributed by atoms with van der Waals surface area (Å²) in [4.78, 5) is 47.0. The highest BCUT2D eigenvalue weighted by Gasteiger charge is 2.22. The van der Waals surface area contributed by atoms with Crippen molar-refractivity contribution in [2.75, 3.05) is 26.7 Å². The first-order chi connectivity index (χ1) is 16.3. The maximum Gasteiger partial charge on any atom is 0.407 e. The number of hydrogen-bond donors (Lipinski definition) is 4. The van der Waals surface area contributed by atoms with Crippen LogP contribution in [0.15, 0.2) is 17.1 Å². The van der Waals surface area contributed by atoms with Gasteiger partial charge in [0, 0.05) is 37.6 Å². The molecule has 1 atom stereocenters. The number of nitrogens with zero attached hydrogens (tertiary/aromatic N) is 3. The third-order valence-electron chi connectivity index (χ3n) is 4.61. The first-order valence-electron chi connectivity index (χ1n) is 10.9. The van der Waals surface area contributed by atoms with Gasteiger partial charge in [0.15, 0.2) is 0 Å². The van der Waals surface area contributed by atoms with Gasteiger partial charge in [0.2, 0.25) is 5.91 Å². The molecule has 0 aliphatic heterocycles. The van der Waals surface area contributed by atoms with E-state index in [1.807, 2.05) is 5.38 Å². The van der Waals surface area contributed by atoms with Crippen LogP contribution in [0.25, 0.3) is 0 Å². The molecular weight excluding hydrogens is 480 g/mol. The van der Waals surface area contributed by atoms with Crippen LogP contribution in [0.4, 0.5) is 9.59 Å². The number of aromatic nitrogens is 2. The lowest BCUT2D eigenvalue weighted by Gasteiger charge is -2.21. The number of rotatable bonds is 13. The summed E-state index contributed by atoms with van der Waals surface area (Å²) in [6, 6.07) is -1.54. The molecule has 1 unspecified atom stereocenters. The van der Waals surface area contributed by atoms with Gasteiger partial charge in [-0.1, -0.05) is 13.8 Å². The second-order valence-corrected chi connectivity index (χ2v) is 9.70. The Labute approximate surface area is 206 Å². The van der Waals surface area contributed by atoms with Gasteiger partial charge in [-0.05, 0) is 12.8 Å². The van der Waals surface area contributed by atoms with E-state index in [9.17, 15) is 19.5 Å². The van der Waals surface area contributed by atoms with Crippen LogP contribution in [0, 0.1) is 0 Å². The molecule has 0 saturated carbocycles. The molecule has 0 aromatic carbocycles. The summed E-state index contributed by atoms with van der Waals surface area (Å²) < 4.78 is 5.06. The fourth-order valence-corrected chi connectivity index (χ4v) is 4.04. The fourth-order valence-electron chi connectivity index (χ4n) is 2.70. The Morgan fingerprint density at radius 3 is 2.53 bits per heavy atom. The van der Waals surface area contributed by atoms with Crippen molar-refractivity contribution >= 4 is 40.7 Å². The molecule has 13 heteroatoms. The standard InChI is InChI=1S/C21H32N6O5S2/c1-14(2)19-25-15(12-33-19)9-27(3)20(30)26-17(10-28)18(29)23-6-4-5-7-24-21(31)32-11-16-8-22-13-34-16/h8,12-14,17,28H,4-7,9-11H2,1-3H3,(H,23,29)(H,24,31)(H,26,30). The van der Waals surface area contributed by atoms with Crippen LogP contribution in [0.3, 0.4) is 0 Å². The number of unbranched alkanes of at least 4 members (excludes halogenated alkanes) is 1. The predicted molar refractivity (Wildman–Crippen MR) is 130 cm³/mol. The number of alkyl carbamates (subject to hydrolysis) is 1. The minimum Gasteiger partial charge on any atom is -0.444 e. The average Bonchev–Trinajstić information content (AvgIpc) is 3.50. The summed E-state index contributed by atoms with van der Waals surface area (Å²) in [5.41, 5.74) is 2.44. The lowest BCUT2D eigenvalue weighted by atomic mass is 10.2. The third-order valence-corrected chi connectivity index (χ3v) is 6.55. The molecule has 0 radical (unpaired) electrons. The molecule has 0 bridgehead atoms. The number of nitrogens with one attached hydrogen (secondary N) is 3. The molecule has 4 N–H and O–H groups in total. The SMILES string of the molecule is CC(C)c1nc(CN(C)C(=O)NC(CO)C(=O)NCCCCNC(=O)OCc2cncs2)cs1. The number of hydrogen-bond acceptors (Lipinski definition) is 9. The Bertz CT molecular complexity index is 905. The number of aliphatic hydroxyl groups is 1. The number of thiazole rings is 2. The molecule has 2 rings (SSSR count). The van der Waals surface area contributed by atoms with E-state index in [1.54, 1.807) is 30.1 Å². The summed E-state index contributed by atoms with van der Waals surface area (Å²) in [6.45, 7) is 4.81. The van der Waals surface area contributed by atoms with Crippen LogP contribution in [0.1, 0.15) is 48.2 Å². The number of carbonyl (C=O) groups is 3. The Hall–Kier alpha value is -2.77. The number of aliphatic hydroxyl groups excluding tert-OH is 1. The number of urea groups is 1. The van der Waals surface area contributed by atoms with Gasteiger partial charge in [-0.15, -0.1) is 22.7 Å². The van der Waals surface area contributed by atoms with Crippen molar-refractivity contribution in [2.45, 2.75) is 51.8 Å². The van der Waals surface area contributed by atoms with Crippen molar-refractivity contribution in [3.63, 3.8) is 0 Å². The highest BCUT2D eigenvalue weighted by molar-refractivity contribution is 7.09. The van der Waals surface area contributed by atoms with Gasteiger partial charge in [-0.25, -0.2) is 14.6 Å². The van der Waals surface area contributed by atoms with Crippen molar-refractivity contribution in [3.8, 4) is 0 Å². The van der Waals surface area contributed by atoms with Crippen molar-refractivity contribution in [3.05, 3.63) is 32.7 Å². The van der Waals surface area contributed by atoms with E-state index in [0.29, 0.717) is 38.4 Å². The molecule has 0 saturated heterocycles. The van der Waals surface area contributed by atoms with E-state index in [4.69, 9.17) is 4.74 Å². The number of amides is 4. The normalized spacial score (nSPS) is 11.7. The van der Waals surface area contributed by atoms with E-state index in [2.05, 4.69) is 39.8 Å². The zero-order valence-electron chi connectivity index (χ0n) is 19.6. The van der Waals surface area contributed by atoms with E-state index in [1.165, 1.54) is 16.2 Å². The molecule has 4 amide bonds. The van der Waals surface area contributed by atoms with E-state index >= 15 is 0 Å². The highest BCUT2D eigenvalue weighted by Crippen LogP contribution is 2.19. The van der Waals surface area contributed by atoms with E-state index in [0.717, 1.165) is 15.6 Å². The molecule has 0 aliphatic rings. The lowest BCUT2D eigenvalue weighted by molar-refractivity contribution is -0.123. The summed E-state index contributed by atoms with van der Waals surface area (Å²) in [5, 5.41) is 20.3. The molecule has 34 heavy (non-hydrogen) atoms. The molecule has 2 aromatic heterocycles. The second-order valence-electron chi connectivity index (χ2n) is 7.84. The lowest BCUT2D eigenvalue weighted by Crippen LogP contribution is -2.52. The van der Waals surface area contributed by atoms with Gasteiger partial charge in [0.1, 0.15) is 12.6 Å². The summed E-state index contributed by atoms with van der Waals surface area (Å²) >= 11 is 2.96. The Morgan fingerprint density at radius 2 is 1.91 bits per heavy atom. The minimum absolute atomic E-state index is 0.179. The molecular formula is C21H32N6O5S2. The third kappa shape index (κ3) is 9.61. The Kier molecular flexibility index (Phi) is 11.7. The topological polar surface area (TPSA) is 146 Å². The predicted octanol–water partition coefficient (Wildman–Crippen LogP) is 2.05. The second kappa shape index (κ2) is 14.5. The van der Waals surface area contributed by atoms with E-state index in [-0.39, 0.29) is 6.61 Å². The quantitative estimate of drug-likeness (QED) is 0.301. The molecule has 188 valence electrons. The minimum atomic E-state index is -1.06. The number of carbonyl (C=O) groups excluding carboxylic acids is 3. The summed E-state index contributed by atoms with van der Waals surface area (Å²) in [7, 11) is 1.60. The van der Waals surface area contributed by atoms with Gasteiger partial charge in [-0.3, -0.25) is 9.78 Å². The first-order valence-corrected chi connectivity index (χ1v) is 12.7. The maximum absolute atomic E-state index is 12.4. The van der Waals surface area contributed by atoms with Gasteiger partial charge >= 0.3 is 12.1 Å². The zero-order chi connectivity index (χ0) is 24.9. The smallest absolute Gasteiger partial charge is 0.407 e. The van der Waals surface area contributed by atoms with Crippen molar-refractivity contribution in [1.82, 2.24) is 30.8 Å². The molecule has 11 nitrogen and oxygen atoms in total. The highest BCUT2D eigenvalue weighted by atomic mass is 32.1. The van der Waals surface area contributed by atoms with Crippen LogP contribution in [0.2, 0.25) is 0 Å². The maximum atomic E-state index is 12.4. The average molecular weight is 513 g/mol. The first kappa shape index (κ1) is 27.5. The molecule has 2 heterocycles. The Balaban J connectivity index is 1.60. The van der Waals surface area contributed by atoms with Gasteiger partial charge in [-0.2, -0.15) is 0 Å². The van der Waals surface area contributed by atoms with Gasteiger partial charge in [0.25, 0.3) is 0 Å². The van der Waals surface area contributed by atoms with Crippen LogP contribution < -0.4 is 16.0 Å². The van der Waals surface area contributed by atoms with Crippen molar-refractivity contribution in [1.29, 1.82) is 0 Å².